The minimum Gasteiger partial charge on any atom is -0.332 e. The third-order valence-corrected chi connectivity index (χ3v) is 6.60. The summed E-state index contributed by atoms with van der Waals surface area (Å²) in [6.07, 6.45) is 0. The molecule has 8 heteroatoms. The molecule has 2 N–H and O–H groups in total. The van der Waals surface area contributed by atoms with Gasteiger partial charge < -0.3 is 5.32 Å². The smallest absolute Gasteiger partial charge is 0.268 e. The number of benzene rings is 3. The fourth-order valence-electron chi connectivity index (χ4n) is 2.99. The average molecular weight is 466 g/mol. The number of amides is 1. The van der Waals surface area contributed by atoms with Crippen LogP contribution in [0.4, 0.5) is 11.4 Å². The van der Waals surface area contributed by atoms with E-state index in [-0.39, 0.29) is 15.9 Å². The number of nitrogens with zero attached hydrogens (tertiary/aromatic N) is 1. The van der Waals surface area contributed by atoms with Gasteiger partial charge in [-0.3, -0.25) is 10.1 Å². The summed E-state index contributed by atoms with van der Waals surface area (Å²) < 4.78 is 27.6. The highest BCUT2D eigenvalue weighted by atomic mass is 32.2. The molecule has 0 aliphatic carbocycles. The fraction of sp³-hybridized carbons (Fsp3) is 0.0833. The summed E-state index contributed by atoms with van der Waals surface area (Å²) in [5.41, 5.74) is 2.96. The number of allylic oxidation sites excluding steroid dienone is 1. The lowest BCUT2D eigenvalue weighted by Gasteiger charge is -2.24. The van der Waals surface area contributed by atoms with Gasteiger partial charge in [0.15, 0.2) is 5.11 Å². The molecular formula is C24H23N3O3S2. The first-order valence-corrected chi connectivity index (χ1v) is 11.6. The van der Waals surface area contributed by atoms with Crippen LogP contribution in [0, 0.1) is 6.92 Å². The maximum atomic E-state index is 13.2. The van der Waals surface area contributed by atoms with Crippen molar-refractivity contribution in [2.75, 3.05) is 9.62 Å². The quantitative estimate of drug-likeness (QED) is 0.509. The van der Waals surface area contributed by atoms with Gasteiger partial charge in [-0.2, -0.15) is 0 Å². The van der Waals surface area contributed by atoms with Gasteiger partial charge in [-0.1, -0.05) is 42.5 Å². The summed E-state index contributed by atoms with van der Waals surface area (Å²) in [6.45, 7) is 7.39. The Hall–Kier alpha value is -3.49. The zero-order valence-electron chi connectivity index (χ0n) is 17.7. The zero-order chi connectivity index (χ0) is 23.3. The number of rotatable bonds is 6. The van der Waals surface area contributed by atoms with Crippen molar-refractivity contribution < 1.29 is 13.2 Å². The second-order valence-electron chi connectivity index (χ2n) is 7.14. The van der Waals surface area contributed by atoms with Crippen molar-refractivity contribution in [3.8, 4) is 0 Å². The van der Waals surface area contributed by atoms with Crippen molar-refractivity contribution in [2.24, 2.45) is 0 Å². The minimum atomic E-state index is -3.85. The van der Waals surface area contributed by atoms with Crippen LogP contribution in [0.5, 0.6) is 0 Å². The van der Waals surface area contributed by atoms with Gasteiger partial charge in [0.05, 0.1) is 10.6 Å². The molecule has 0 atom stereocenters. The van der Waals surface area contributed by atoms with E-state index in [0.29, 0.717) is 22.6 Å². The van der Waals surface area contributed by atoms with Gasteiger partial charge in [0.25, 0.3) is 15.9 Å². The number of hydrogen-bond acceptors (Lipinski definition) is 4. The van der Waals surface area contributed by atoms with Gasteiger partial charge in [0, 0.05) is 16.9 Å². The van der Waals surface area contributed by atoms with E-state index in [9.17, 15) is 13.2 Å². The topological polar surface area (TPSA) is 78.5 Å². The summed E-state index contributed by atoms with van der Waals surface area (Å²) in [6, 6.07) is 22.0. The van der Waals surface area contributed by atoms with Gasteiger partial charge in [-0.15, -0.1) is 0 Å². The number of para-hydroxylation sites is 1. The molecule has 0 bridgehead atoms. The highest BCUT2D eigenvalue weighted by Crippen LogP contribution is 2.27. The van der Waals surface area contributed by atoms with E-state index in [0.717, 1.165) is 5.56 Å². The molecule has 164 valence electrons. The Labute approximate surface area is 193 Å². The number of anilines is 2. The molecule has 0 heterocycles. The highest BCUT2D eigenvalue weighted by molar-refractivity contribution is 7.93. The Morgan fingerprint density at radius 3 is 2.09 bits per heavy atom. The van der Waals surface area contributed by atoms with Crippen LogP contribution in [-0.2, 0) is 10.0 Å². The molecule has 0 radical (unpaired) electrons. The lowest BCUT2D eigenvalue weighted by molar-refractivity contribution is 0.0977. The molecule has 3 rings (SSSR count). The van der Waals surface area contributed by atoms with Crippen molar-refractivity contribution in [2.45, 2.75) is 18.7 Å². The molecule has 0 saturated heterocycles. The largest absolute Gasteiger partial charge is 0.332 e. The maximum Gasteiger partial charge on any atom is 0.268 e. The highest BCUT2D eigenvalue weighted by Gasteiger charge is 2.25. The molecule has 32 heavy (non-hydrogen) atoms. The summed E-state index contributed by atoms with van der Waals surface area (Å²) in [4.78, 5) is 12.4. The molecule has 0 aromatic heterocycles. The lowest BCUT2D eigenvalue weighted by Crippen LogP contribution is -2.34. The number of carbonyl (C=O) groups is 1. The minimum absolute atomic E-state index is 0.101. The van der Waals surface area contributed by atoms with Crippen LogP contribution in [0.15, 0.2) is 96.0 Å². The van der Waals surface area contributed by atoms with Crippen molar-refractivity contribution in [3.05, 3.63) is 102 Å². The number of carbonyl (C=O) groups excluding carboxylic acids is 1. The predicted molar refractivity (Wildman–Crippen MR) is 132 cm³/mol. The van der Waals surface area contributed by atoms with Crippen LogP contribution in [0.25, 0.3) is 0 Å². The lowest BCUT2D eigenvalue weighted by atomic mass is 10.1. The van der Waals surface area contributed by atoms with Gasteiger partial charge in [-0.05, 0) is 74.6 Å². The SMILES string of the molecule is C=C(C)N(c1ccccc1)S(=O)(=O)c1ccc(NC(=S)NC(=O)c2ccc(C)cc2)cc1. The van der Waals surface area contributed by atoms with Crippen molar-refractivity contribution in [1.29, 1.82) is 0 Å². The van der Waals surface area contributed by atoms with Crippen LogP contribution >= 0.6 is 12.2 Å². The van der Waals surface area contributed by atoms with Gasteiger partial charge in [0.1, 0.15) is 0 Å². The molecule has 1 amide bonds. The number of thiocarbonyl (C=S) groups is 1. The monoisotopic (exact) mass is 465 g/mol. The molecule has 0 spiro atoms. The molecule has 3 aromatic rings. The Kier molecular flexibility index (Phi) is 7.07. The summed E-state index contributed by atoms with van der Waals surface area (Å²) in [5.74, 6) is -0.332. The Morgan fingerprint density at radius 1 is 0.938 bits per heavy atom. The first-order chi connectivity index (χ1) is 15.2. The van der Waals surface area contributed by atoms with E-state index >= 15 is 0 Å². The molecular weight excluding hydrogens is 442 g/mol. The second kappa shape index (κ2) is 9.76. The van der Waals surface area contributed by atoms with Crippen molar-refractivity contribution in [3.63, 3.8) is 0 Å². The van der Waals surface area contributed by atoms with E-state index < -0.39 is 10.0 Å². The molecule has 6 nitrogen and oxygen atoms in total. The number of hydrogen-bond donors (Lipinski definition) is 2. The van der Waals surface area contributed by atoms with Crippen molar-refractivity contribution in [1.82, 2.24) is 5.32 Å². The third kappa shape index (κ3) is 5.40. The first kappa shape index (κ1) is 23.2. The van der Waals surface area contributed by atoms with E-state index in [2.05, 4.69) is 17.2 Å². The second-order valence-corrected chi connectivity index (χ2v) is 9.33. The summed E-state index contributed by atoms with van der Waals surface area (Å²) in [7, 11) is -3.85. The van der Waals surface area contributed by atoms with Crippen LogP contribution in [0.1, 0.15) is 22.8 Å². The van der Waals surface area contributed by atoms with Gasteiger partial charge in [0.2, 0.25) is 0 Å². The van der Waals surface area contributed by atoms with Gasteiger partial charge in [-0.25, -0.2) is 12.7 Å². The van der Waals surface area contributed by atoms with Crippen molar-refractivity contribution >= 4 is 44.6 Å². The Bertz CT molecular complexity index is 1240. The van der Waals surface area contributed by atoms with Crippen LogP contribution in [0.3, 0.4) is 0 Å². The van der Waals surface area contributed by atoms with Crippen LogP contribution in [-0.4, -0.2) is 19.4 Å². The van der Waals surface area contributed by atoms with Gasteiger partial charge >= 0.3 is 0 Å². The first-order valence-electron chi connectivity index (χ1n) is 9.73. The molecule has 3 aromatic carbocycles. The molecule has 0 saturated carbocycles. The summed E-state index contributed by atoms with van der Waals surface area (Å²) >= 11 is 5.20. The standard InChI is InChI=1S/C24H23N3O3S2/c1-17(2)27(21-7-5-4-6-8-21)32(29,30)22-15-13-20(14-16-22)25-24(31)26-23(28)19-11-9-18(3)10-12-19/h4-16H,1H2,2-3H3,(H2,25,26,28,31). The van der Waals surface area contributed by atoms with E-state index in [4.69, 9.17) is 12.2 Å². The van der Waals surface area contributed by atoms with Crippen LogP contribution in [0.2, 0.25) is 0 Å². The van der Waals surface area contributed by atoms with E-state index in [1.54, 1.807) is 55.5 Å². The maximum absolute atomic E-state index is 13.2. The Balaban J connectivity index is 1.72. The molecule has 0 aliphatic heterocycles. The number of sulfonamides is 1. The zero-order valence-corrected chi connectivity index (χ0v) is 19.3. The average Bonchev–Trinajstić information content (AvgIpc) is 2.75. The number of aryl methyl sites for hydroxylation is 1. The normalized spacial score (nSPS) is 10.8. The van der Waals surface area contributed by atoms with E-state index in [1.807, 2.05) is 25.1 Å². The van der Waals surface area contributed by atoms with Crippen LogP contribution < -0.4 is 14.9 Å². The molecule has 0 unspecified atom stereocenters. The summed E-state index contributed by atoms with van der Waals surface area (Å²) in [5, 5.41) is 5.61. The number of nitrogens with one attached hydrogen (secondary N) is 2. The molecule has 0 fully saturated rings. The Morgan fingerprint density at radius 2 is 1.53 bits per heavy atom. The molecule has 0 aliphatic rings. The fourth-order valence-corrected chi connectivity index (χ4v) is 4.70. The third-order valence-electron chi connectivity index (χ3n) is 4.53. The predicted octanol–water partition coefficient (Wildman–Crippen LogP) is 4.85. The van der Waals surface area contributed by atoms with E-state index in [1.165, 1.54) is 16.4 Å².